The third kappa shape index (κ3) is 3.93. The minimum absolute atomic E-state index is 0.148. The maximum atomic E-state index is 13.0. The number of carboxylic acid groups (broad SMARTS) is 1. The summed E-state index contributed by atoms with van der Waals surface area (Å²) in [5, 5.41) is 12.6. The Balaban J connectivity index is 2.56. The number of carbonyl (C=O) groups is 2. The highest BCUT2D eigenvalue weighted by Crippen LogP contribution is 2.25. The Kier molecular flexibility index (Phi) is 6.14. The number of hydrogen-bond acceptors (Lipinski definition) is 3. The van der Waals surface area contributed by atoms with Crippen molar-refractivity contribution in [3.8, 4) is 0 Å². The van der Waals surface area contributed by atoms with E-state index in [1.807, 2.05) is 39.0 Å². The number of aromatic carboxylic acids is 1. The van der Waals surface area contributed by atoms with E-state index in [-0.39, 0.29) is 11.5 Å². The zero-order valence-corrected chi connectivity index (χ0v) is 16.1. The van der Waals surface area contributed by atoms with E-state index in [0.29, 0.717) is 28.9 Å². The highest BCUT2D eigenvalue weighted by atomic mass is 16.4. The molecule has 138 valence electrons. The summed E-state index contributed by atoms with van der Waals surface area (Å²) in [7, 11) is 0. The Labute approximate surface area is 154 Å². The number of nitrogens with one attached hydrogen (secondary N) is 1. The van der Waals surface area contributed by atoms with Crippen LogP contribution in [0, 0.1) is 27.7 Å². The number of aryl methyl sites for hydroxylation is 3. The minimum Gasteiger partial charge on any atom is -0.478 e. The molecule has 0 unspecified atom stereocenters. The lowest BCUT2D eigenvalue weighted by atomic mass is 9.93. The van der Waals surface area contributed by atoms with Gasteiger partial charge in [0.2, 0.25) is 0 Å². The number of nitrogens with zero attached hydrogens (tertiary/aromatic N) is 1. The van der Waals surface area contributed by atoms with Gasteiger partial charge in [-0.3, -0.25) is 9.78 Å². The van der Waals surface area contributed by atoms with Crippen molar-refractivity contribution in [3.63, 3.8) is 0 Å². The van der Waals surface area contributed by atoms with Gasteiger partial charge < -0.3 is 10.4 Å². The molecule has 0 atom stereocenters. The summed E-state index contributed by atoms with van der Waals surface area (Å²) in [6.07, 6.45) is 2.27. The zero-order valence-electron chi connectivity index (χ0n) is 16.1. The molecule has 1 aromatic heterocycles. The summed E-state index contributed by atoms with van der Waals surface area (Å²) < 4.78 is 0. The van der Waals surface area contributed by atoms with E-state index in [4.69, 9.17) is 0 Å². The van der Waals surface area contributed by atoms with E-state index in [1.165, 1.54) is 0 Å². The normalized spacial score (nSPS) is 10.7. The molecule has 2 N–H and O–H groups in total. The topological polar surface area (TPSA) is 79.3 Å². The molecule has 1 aromatic carbocycles. The third-order valence-corrected chi connectivity index (χ3v) is 4.74. The second kappa shape index (κ2) is 8.13. The van der Waals surface area contributed by atoms with Gasteiger partial charge >= 0.3 is 5.97 Å². The second-order valence-electron chi connectivity index (χ2n) is 6.62. The number of pyridine rings is 1. The fraction of sp³-hybridized carbons (Fsp3) is 0.381. The van der Waals surface area contributed by atoms with E-state index in [0.717, 1.165) is 29.7 Å². The third-order valence-electron chi connectivity index (χ3n) is 4.74. The van der Waals surface area contributed by atoms with Crippen LogP contribution in [-0.4, -0.2) is 22.0 Å². The van der Waals surface area contributed by atoms with Crippen molar-refractivity contribution in [1.82, 2.24) is 4.98 Å². The molecule has 2 aromatic rings. The van der Waals surface area contributed by atoms with Crippen LogP contribution in [0.3, 0.4) is 0 Å². The van der Waals surface area contributed by atoms with Crippen LogP contribution in [-0.2, 0) is 6.42 Å². The zero-order chi connectivity index (χ0) is 19.4. The Morgan fingerprint density at radius 3 is 2.35 bits per heavy atom. The predicted octanol–water partition coefficient (Wildman–Crippen LogP) is 4.61. The molecule has 1 heterocycles. The Bertz CT molecular complexity index is 857. The molecule has 0 fully saturated rings. The van der Waals surface area contributed by atoms with Gasteiger partial charge in [0.05, 0.1) is 22.5 Å². The van der Waals surface area contributed by atoms with Crippen LogP contribution in [0.1, 0.15) is 68.6 Å². The molecule has 2 rings (SSSR count). The van der Waals surface area contributed by atoms with Crippen LogP contribution in [0.5, 0.6) is 0 Å². The number of hydrogen-bond donors (Lipinski definition) is 2. The highest BCUT2D eigenvalue weighted by Gasteiger charge is 2.24. The number of carbonyl (C=O) groups excluding carboxylic acids is 1. The van der Waals surface area contributed by atoms with Gasteiger partial charge in [-0.2, -0.15) is 0 Å². The molecular formula is C21H26N2O3. The Hall–Kier alpha value is -2.69. The lowest BCUT2D eigenvalue weighted by Gasteiger charge is -2.17. The van der Waals surface area contributed by atoms with Gasteiger partial charge in [0.15, 0.2) is 0 Å². The van der Waals surface area contributed by atoms with Crippen molar-refractivity contribution in [2.45, 2.75) is 53.9 Å². The molecule has 26 heavy (non-hydrogen) atoms. The van der Waals surface area contributed by atoms with Gasteiger partial charge in [0.1, 0.15) is 0 Å². The first kappa shape index (κ1) is 19.6. The Morgan fingerprint density at radius 1 is 1.08 bits per heavy atom. The number of aromatic nitrogens is 1. The van der Waals surface area contributed by atoms with Gasteiger partial charge in [-0.05, 0) is 63.3 Å². The quantitative estimate of drug-likeness (QED) is 0.794. The van der Waals surface area contributed by atoms with Crippen LogP contribution in [0.4, 0.5) is 5.69 Å². The molecule has 0 aliphatic carbocycles. The van der Waals surface area contributed by atoms with Crippen molar-refractivity contribution < 1.29 is 14.7 Å². The number of rotatable bonds is 6. The fourth-order valence-corrected chi connectivity index (χ4v) is 3.19. The van der Waals surface area contributed by atoms with E-state index in [2.05, 4.69) is 10.3 Å². The lowest BCUT2D eigenvalue weighted by molar-refractivity contribution is 0.0694. The molecule has 0 saturated heterocycles. The molecule has 0 spiro atoms. The average molecular weight is 354 g/mol. The predicted molar refractivity (Wildman–Crippen MR) is 103 cm³/mol. The summed E-state index contributed by atoms with van der Waals surface area (Å²) in [6.45, 7) is 9.41. The maximum Gasteiger partial charge on any atom is 0.337 e. The van der Waals surface area contributed by atoms with E-state index < -0.39 is 5.97 Å². The number of unbranched alkanes of at least 4 members (excludes halogenated alkanes) is 1. The van der Waals surface area contributed by atoms with Crippen LogP contribution in [0.15, 0.2) is 18.2 Å². The van der Waals surface area contributed by atoms with E-state index in [1.54, 1.807) is 13.8 Å². The van der Waals surface area contributed by atoms with E-state index in [9.17, 15) is 14.7 Å². The molecule has 0 saturated carbocycles. The Morgan fingerprint density at radius 2 is 1.73 bits per heavy atom. The molecule has 0 aliphatic rings. The summed E-state index contributed by atoms with van der Waals surface area (Å²) in [6, 6.07) is 5.72. The van der Waals surface area contributed by atoms with Crippen molar-refractivity contribution in [2.75, 3.05) is 5.32 Å². The number of anilines is 1. The van der Waals surface area contributed by atoms with Gasteiger partial charge in [0.25, 0.3) is 5.91 Å². The fourth-order valence-electron chi connectivity index (χ4n) is 3.19. The lowest BCUT2D eigenvalue weighted by Crippen LogP contribution is -2.21. The molecule has 5 heteroatoms. The van der Waals surface area contributed by atoms with Crippen LogP contribution in [0.25, 0.3) is 0 Å². The minimum atomic E-state index is -1.04. The monoisotopic (exact) mass is 354 g/mol. The SMILES string of the molecule is CCCCc1c(C(=O)O)c(C)nc(C)c1C(=O)Nc1cccc(C)c1C. The largest absolute Gasteiger partial charge is 0.478 e. The van der Waals surface area contributed by atoms with Crippen molar-refractivity contribution in [1.29, 1.82) is 0 Å². The molecule has 0 aliphatic heterocycles. The van der Waals surface area contributed by atoms with Gasteiger partial charge in [-0.25, -0.2) is 4.79 Å². The standard InChI is InChI=1S/C21H26N2O3/c1-6-7-10-16-18(14(4)22-15(5)19(16)21(25)26)20(24)23-17-11-8-9-12(2)13(17)3/h8-9,11H,6-7,10H2,1-5H3,(H,23,24)(H,25,26). The van der Waals surface area contributed by atoms with Crippen molar-refractivity contribution in [2.24, 2.45) is 0 Å². The van der Waals surface area contributed by atoms with E-state index >= 15 is 0 Å². The van der Waals surface area contributed by atoms with Gasteiger partial charge in [-0.15, -0.1) is 0 Å². The summed E-state index contributed by atoms with van der Waals surface area (Å²) >= 11 is 0. The first-order valence-electron chi connectivity index (χ1n) is 8.88. The molecule has 5 nitrogen and oxygen atoms in total. The van der Waals surface area contributed by atoms with Crippen LogP contribution in [0.2, 0.25) is 0 Å². The van der Waals surface area contributed by atoms with Gasteiger partial charge in [-0.1, -0.05) is 25.5 Å². The second-order valence-corrected chi connectivity index (χ2v) is 6.62. The number of carboxylic acids is 1. The van der Waals surface area contributed by atoms with Crippen molar-refractivity contribution in [3.05, 3.63) is 57.4 Å². The number of amides is 1. The molecule has 0 radical (unpaired) electrons. The number of benzene rings is 1. The molecular weight excluding hydrogens is 328 g/mol. The first-order chi connectivity index (χ1) is 12.3. The van der Waals surface area contributed by atoms with Gasteiger partial charge in [0, 0.05) is 5.69 Å². The highest BCUT2D eigenvalue weighted by molar-refractivity contribution is 6.08. The van der Waals surface area contributed by atoms with Crippen LogP contribution >= 0.6 is 0 Å². The smallest absolute Gasteiger partial charge is 0.337 e. The molecule has 0 bridgehead atoms. The summed E-state index contributed by atoms with van der Waals surface area (Å²) in [5.74, 6) is -1.35. The summed E-state index contributed by atoms with van der Waals surface area (Å²) in [5.41, 5.74) is 4.91. The summed E-state index contributed by atoms with van der Waals surface area (Å²) in [4.78, 5) is 29.1. The first-order valence-corrected chi connectivity index (χ1v) is 8.88. The maximum absolute atomic E-state index is 13.0. The average Bonchev–Trinajstić information content (AvgIpc) is 2.56. The van der Waals surface area contributed by atoms with Crippen molar-refractivity contribution >= 4 is 17.6 Å². The molecule has 1 amide bonds. The van der Waals surface area contributed by atoms with Crippen LogP contribution < -0.4 is 5.32 Å².